The first-order valence-electron chi connectivity index (χ1n) is 11.4. The van der Waals surface area contributed by atoms with Crippen molar-refractivity contribution >= 4 is 18.0 Å². The Balaban J connectivity index is 1.34. The third kappa shape index (κ3) is 4.87. The van der Waals surface area contributed by atoms with E-state index < -0.39 is 17.6 Å². The van der Waals surface area contributed by atoms with Crippen molar-refractivity contribution < 1.29 is 24.2 Å². The molecular formula is C26H30N2O5. The number of benzene rings is 2. The molecular weight excluding hydrogens is 420 g/mol. The number of carbonyl (C=O) groups excluding carboxylic acids is 2. The highest BCUT2D eigenvalue weighted by Crippen LogP contribution is 2.44. The maximum absolute atomic E-state index is 12.6. The van der Waals surface area contributed by atoms with Crippen LogP contribution in [0.3, 0.4) is 0 Å². The summed E-state index contributed by atoms with van der Waals surface area (Å²) in [6.07, 6.45) is 2.15. The zero-order valence-electron chi connectivity index (χ0n) is 19.0. The Morgan fingerprint density at radius 1 is 1.00 bits per heavy atom. The molecule has 1 fully saturated rings. The Morgan fingerprint density at radius 2 is 1.61 bits per heavy atom. The summed E-state index contributed by atoms with van der Waals surface area (Å²) in [4.78, 5) is 36.2. The lowest BCUT2D eigenvalue weighted by Gasteiger charge is -2.24. The first-order chi connectivity index (χ1) is 15.8. The number of hydrogen-bond acceptors (Lipinski definition) is 4. The van der Waals surface area contributed by atoms with E-state index in [9.17, 15) is 19.5 Å². The Bertz CT molecular complexity index is 1020. The molecule has 2 aliphatic carbocycles. The molecule has 4 rings (SSSR count). The van der Waals surface area contributed by atoms with Gasteiger partial charge in [-0.3, -0.25) is 4.79 Å². The van der Waals surface area contributed by atoms with Crippen LogP contribution in [0.25, 0.3) is 11.1 Å². The standard InChI is InChI=1S/C26H30N2O5/c1-26(2,24(30)31)28-23(29)14-16-8-7-13-22(16)27-25(32)33-15-21-19-11-5-3-9-17(19)18-10-4-6-12-20(18)21/h3-6,9-12,16,21-22H,7-8,13-15H2,1-2H3,(H,27,32)(H,28,29)(H,30,31). The minimum absolute atomic E-state index is 0.00782. The zero-order chi connectivity index (χ0) is 23.6. The van der Waals surface area contributed by atoms with Gasteiger partial charge in [-0.15, -0.1) is 0 Å². The minimum atomic E-state index is -1.33. The maximum Gasteiger partial charge on any atom is 0.407 e. The second kappa shape index (κ2) is 9.25. The molecule has 2 amide bonds. The molecule has 2 aliphatic rings. The summed E-state index contributed by atoms with van der Waals surface area (Å²) in [6, 6.07) is 16.2. The molecule has 0 radical (unpaired) electrons. The average molecular weight is 451 g/mol. The average Bonchev–Trinajstić information content (AvgIpc) is 3.33. The molecule has 7 heteroatoms. The van der Waals surface area contributed by atoms with Crippen LogP contribution in [0, 0.1) is 5.92 Å². The van der Waals surface area contributed by atoms with E-state index in [-0.39, 0.29) is 36.8 Å². The van der Waals surface area contributed by atoms with Crippen LogP contribution in [0.4, 0.5) is 4.79 Å². The van der Waals surface area contributed by atoms with Crippen molar-refractivity contribution in [3.05, 3.63) is 59.7 Å². The second-order valence-corrected chi connectivity index (χ2v) is 9.45. The van der Waals surface area contributed by atoms with Crippen molar-refractivity contribution in [2.45, 2.75) is 57.0 Å². The van der Waals surface area contributed by atoms with Gasteiger partial charge in [0, 0.05) is 18.4 Å². The van der Waals surface area contributed by atoms with Gasteiger partial charge in [-0.1, -0.05) is 55.0 Å². The van der Waals surface area contributed by atoms with Crippen LogP contribution in [0.1, 0.15) is 56.6 Å². The molecule has 2 aromatic rings. The largest absolute Gasteiger partial charge is 0.480 e. The molecule has 1 saturated carbocycles. The normalized spacial score (nSPS) is 19.5. The number of amides is 2. The van der Waals surface area contributed by atoms with Crippen molar-refractivity contribution in [3.63, 3.8) is 0 Å². The molecule has 0 saturated heterocycles. The van der Waals surface area contributed by atoms with Gasteiger partial charge in [0.05, 0.1) is 0 Å². The van der Waals surface area contributed by atoms with Gasteiger partial charge in [-0.25, -0.2) is 9.59 Å². The molecule has 0 aromatic heterocycles. The van der Waals surface area contributed by atoms with Gasteiger partial charge in [0.25, 0.3) is 0 Å². The molecule has 0 spiro atoms. The van der Waals surface area contributed by atoms with Gasteiger partial charge in [-0.2, -0.15) is 0 Å². The van der Waals surface area contributed by atoms with E-state index in [1.54, 1.807) is 0 Å². The van der Waals surface area contributed by atoms with Crippen LogP contribution in [-0.4, -0.2) is 41.3 Å². The van der Waals surface area contributed by atoms with Crippen LogP contribution in [0.5, 0.6) is 0 Å². The van der Waals surface area contributed by atoms with E-state index in [1.165, 1.54) is 25.0 Å². The van der Waals surface area contributed by atoms with Gasteiger partial charge in [0.15, 0.2) is 0 Å². The molecule has 3 N–H and O–H groups in total. The number of rotatable bonds is 7. The van der Waals surface area contributed by atoms with Crippen LogP contribution in [-0.2, 0) is 14.3 Å². The van der Waals surface area contributed by atoms with Crippen molar-refractivity contribution in [1.29, 1.82) is 0 Å². The summed E-state index contributed by atoms with van der Waals surface area (Å²) < 4.78 is 5.64. The summed E-state index contributed by atoms with van der Waals surface area (Å²) in [5.41, 5.74) is 3.33. The number of aliphatic carboxylic acids is 1. The van der Waals surface area contributed by atoms with Crippen LogP contribution < -0.4 is 10.6 Å². The molecule has 2 atom stereocenters. The van der Waals surface area contributed by atoms with E-state index in [1.807, 2.05) is 24.3 Å². The Hall–Kier alpha value is -3.35. The third-order valence-corrected chi connectivity index (χ3v) is 6.74. The number of fused-ring (bicyclic) bond motifs is 3. The van der Waals surface area contributed by atoms with E-state index in [4.69, 9.17) is 4.74 Å². The lowest BCUT2D eigenvalue weighted by Crippen LogP contribution is -2.50. The molecule has 174 valence electrons. The summed E-state index contributed by atoms with van der Waals surface area (Å²) >= 11 is 0. The molecule has 7 nitrogen and oxygen atoms in total. The lowest BCUT2D eigenvalue weighted by molar-refractivity contribution is -0.146. The second-order valence-electron chi connectivity index (χ2n) is 9.45. The number of carboxylic acids is 1. The molecule has 33 heavy (non-hydrogen) atoms. The number of alkyl carbamates (subject to hydrolysis) is 1. The topological polar surface area (TPSA) is 105 Å². The molecule has 0 bridgehead atoms. The summed E-state index contributed by atoms with van der Waals surface area (Å²) in [5.74, 6) is -1.47. The van der Waals surface area contributed by atoms with Crippen molar-refractivity contribution in [2.24, 2.45) is 5.92 Å². The van der Waals surface area contributed by atoms with Crippen molar-refractivity contribution in [3.8, 4) is 11.1 Å². The monoisotopic (exact) mass is 450 g/mol. The van der Waals surface area contributed by atoms with E-state index in [0.717, 1.165) is 30.4 Å². The Labute approximate surface area is 193 Å². The van der Waals surface area contributed by atoms with Crippen molar-refractivity contribution in [2.75, 3.05) is 6.61 Å². The van der Waals surface area contributed by atoms with Gasteiger partial charge in [0.1, 0.15) is 12.1 Å². The van der Waals surface area contributed by atoms with Crippen molar-refractivity contribution in [1.82, 2.24) is 10.6 Å². The van der Waals surface area contributed by atoms with Crippen LogP contribution >= 0.6 is 0 Å². The number of hydrogen-bond donors (Lipinski definition) is 3. The Kier molecular flexibility index (Phi) is 6.40. The van der Waals surface area contributed by atoms with Gasteiger partial charge >= 0.3 is 12.1 Å². The van der Waals surface area contributed by atoms with Gasteiger partial charge in [0.2, 0.25) is 5.91 Å². The molecule has 2 aromatic carbocycles. The Morgan fingerprint density at radius 3 is 2.21 bits per heavy atom. The van der Waals surface area contributed by atoms with E-state index in [2.05, 4.69) is 34.9 Å². The predicted molar refractivity (Wildman–Crippen MR) is 124 cm³/mol. The third-order valence-electron chi connectivity index (χ3n) is 6.74. The number of ether oxygens (including phenoxy) is 1. The van der Waals surface area contributed by atoms with Crippen LogP contribution in [0.2, 0.25) is 0 Å². The fourth-order valence-corrected chi connectivity index (χ4v) is 4.95. The fourth-order valence-electron chi connectivity index (χ4n) is 4.95. The SMILES string of the molecule is CC(C)(NC(=O)CC1CCCC1NC(=O)OCC1c2ccccc2-c2ccccc21)C(=O)O. The first-order valence-corrected chi connectivity index (χ1v) is 11.4. The highest BCUT2D eigenvalue weighted by molar-refractivity contribution is 5.86. The van der Waals surface area contributed by atoms with Crippen LogP contribution in [0.15, 0.2) is 48.5 Å². The lowest BCUT2D eigenvalue weighted by atomic mass is 9.97. The highest BCUT2D eigenvalue weighted by Gasteiger charge is 2.35. The first kappa shape index (κ1) is 22.8. The summed E-state index contributed by atoms with van der Waals surface area (Å²) in [5, 5.41) is 14.7. The molecule has 2 unspecified atom stereocenters. The molecule has 0 aliphatic heterocycles. The fraction of sp³-hybridized carbons (Fsp3) is 0.423. The van der Waals surface area contributed by atoms with E-state index in [0.29, 0.717) is 0 Å². The maximum atomic E-state index is 12.6. The quantitative estimate of drug-likeness (QED) is 0.590. The summed E-state index contributed by atoms with van der Waals surface area (Å²) in [6.45, 7) is 3.15. The minimum Gasteiger partial charge on any atom is -0.480 e. The number of carbonyl (C=O) groups is 3. The van der Waals surface area contributed by atoms with E-state index >= 15 is 0 Å². The molecule has 0 heterocycles. The van der Waals surface area contributed by atoms with Gasteiger partial charge in [-0.05, 0) is 54.9 Å². The smallest absolute Gasteiger partial charge is 0.407 e. The number of nitrogens with one attached hydrogen (secondary N) is 2. The highest BCUT2D eigenvalue weighted by atomic mass is 16.5. The van der Waals surface area contributed by atoms with Gasteiger partial charge < -0.3 is 20.5 Å². The zero-order valence-corrected chi connectivity index (χ0v) is 19.0. The predicted octanol–water partition coefficient (Wildman–Crippen LogP) is 4.06. The summed E-state index contributed by atoms with van der Waals surface area (Å²) in [7, 11) is 0. The number of carboxylic acid groups (broad SMARTS) is 1.